The average Bonchev–Trinajstić information content (AvgIpc) is 2.45. The molecule has 0 fully saturated rings. The zero-order chi connectivity index (χ0) is 14.3. The Kier molecular flexibility index (Phi) is 5.13. The molecular formula is C14H12N2O3. The van der Waals surface area contributed by atoms with Crippen molar-refractivity contribution in [3.05, 3.63) is 35.4 Å². The molecule has 0 amide bonds. The van der Waals surface area contributed by atoms with Crippen LogP contribution in [-0.2, 0) is 9.53 Å². The third kappa shape index (κ3) is 4.18. The predicted molar refractivity (Wildman–Crippen MR) is 67.8 cm³/mol. The van der Waals surface area contributed by atoms with E-state index < -0.39 is 12.1 Å². The number of hydrogen-bond acceptors (Lipinski definition) is 5. The molecule has 19 heavy (non-hydrogen) atoms. The van der Waals surface area contributed by atoms with Gasteiger partial charge in [0.05, 0.1) is 7.11 Å². The van der Waals surface area contributed by atoms with Crippen molar-refractivity contribution in [3.8, 4) is 17.9 Å². The van der Waals surface area contributed by atoms with Crippen LogP contribution >= 0.6 is 0 Å². The van der Waals surface area contributed by atoms with Crippen LogP contribution in [-0.4, -0.2) is 19.2 Å². The Balaban J connectivity index is 2.78. The van der Waals surface area contributed by atoms with Gasteiger partial charge >= 0.3 is 5.97 Å². The number of carbonyl (C=O) groups is 1. The highest BCUT2D eigenvalue weighted by Gasteiger charge is 2.14. The van der Waals surface area contributed by atoms with Gasteiger partial charge in [0.25, 0.3) is 0 Å². The van der Waals surface area contributed by atoms with Crippen LogP contribution in [0.4, 0.5) is 0 Å². The van der Waals surface area contributed by atoms with Gasteiger partial charge in [-0.25, -0.2) is 4.79 Å². The summed E-state index contributed by atoms with van der Waals surface area (Å²) in [6.45, 7) is 1.59. The van der Waals surface area contributed by atoms with Gasteiger partial charge in [-0.3, -0.25) is 0 Å². The Morgan fingerprint density at radius 2 is 1.84 bits per heavy atom. The molecule has 0 radical (unpaired) electrons. The van der Waals surface area contributed by atoms with Crippen LogP contribution in [0.3, 0.4) is 0 Å². The zero-order valence-electron chi connectivity index (χ0n) is 10.6. The van der Waals surface area contributed by atoms with E-state index in [0.29, 0.717) is 11.3 Å². The molecule has 0 aromatic heterocycles. The van der Waals surface area contributed by atoms with Crippen molar-refractivity contribution >= 4 is 12.0 Å². The van der Waals surface area contributed by atoms with Gasteiger partial charge in [-0.05, 0) is 30.7 Å². The van der Waals surface area contributed by atoms with E-state index >= 15 is 0 Å². The van der Waals surface area contributed by atoms with E-state index in [4.69, 9.17) is 15.3 Å². The fourth-order valence-corrected chi connectivity index (χ4v) is 1.32. The van der Waals surface area contributed by atoms with Crippen molar-refractivity contribution in [1.29, 1.82) is 10.5 Å². The maximum atomic E-state index is 11.2. The Morgan fingerprint density at radius 1 is 1.26 bits per heavy atom. The molecule has 0 saturated heterocycles. The van der Waals surface area contributed by atoms with Crippen LogP contribution in [0.15, 0.2) is 29.8 Å². The van der Waals surface area contributed by atoms with Crippen LogP contribution in [0.5, 0.6) is 5.75 Å². The predicted octanol–water partition coefficient (Wildman–Crippen LogP) is 2.06. The van der Waals surface area contributed by atoms with Crippen LogP contribution in [0.25, 0.3) is 6.08 Å². The van der Waals surface area contributed by atoms with E-state index in [0.717, 1.165) is 0 Å². The molecule has 0 aliphatic carbocycles. The lowest BCUT2D eigenvalue weighted by Gasteiger charge is -2.12. The summed E-state index contributed by atoms with van der Waals surface area (Å²) >= 11 is 0. The van der Waals surface area contributed by atoms with E-state index in [-0.39, 0.29) is 5.57 Å². The summed E-state index contributed by atoms with van der Waals surface area (Å²) in [6, 6.07) is 10.2. The first-order valence-corrected chi connectivity index (χ1v) is 5.47. The molecule has 0 N–H and O–H groups in total. The van der Waals surface area contributed by atoms with E-state index in [1.54, 1.807) is 43.3 Å². The molecule has 0 spiro atoms. The van der Waals surface area contributed by atoms with Crippen LogP contribution in [0.2, 0.25) is 0 Å². The number of esters is 1. The maximum absolute atomic E-state index is 11.2. The van der Waals surface area contributed by atoms with Crippen molar-refractivity contribution in [1.82, 2.24) is 0 Å². The Bertz CT molecular complexity index is 546. The van der Waals surface area contributed by atoms with Gasteiger partial charge in [-0.1, -0.05) is 12.1 Å². The van der Waals surface area contributed by atoms with Gasteiger partial charge in [0.15, 0.2) is 6.10 Å². The molecule has 96 valence electrons. The molecule has 1 atom stereocenters. The maximum Gasteiger partial charge on any atom is 0.346 e. The number of benzene rings is 1. The number of carbonyl (C=O) groups excluding carboxylic acids is 1. The normalized spacial score (nSPS) is 10.5. The number of ether oxygens (including phenoxy) is 2. The van der Waals surface area contributed by atoms with Gasteiger partial charge in [0.1, 0.15) is 23.5 Å². The van der Waals surface area contributed by atoms with E-state index in [2.05, 4.69) is 4.74 Å². The molecule has 0 saturated carbocycles. The second-order valence-corrected chi connectivity index (χ2v) is 3.63. The standard InChI is InChI=1S/C14H12N2O3/c1-10(14(17)18-2)19-13-5-3-11(4-6-13)7-12(8-15)9-16/h3-7,10H,1-2H3. The number of nitrogens with zero attached hydrogens (tertiary/aromatic N) is 2. The van der Waals surface area contributed by atoms with Gasteiger partial charge in [0.2, 0.25) is 0 Å². The molecule has 5 heteroatoms. The third-order valence-electron chi connectivity index (χ3n) is 2.28. The molecule has 1 aromatic carbocycles. The summed E-state index contributed by atoms with van der Waals surface area (Å²) in [6.07, 6.45) is 0.772. The highest BCUT2D eigenvalue weighted by atomic mass is 16.6. The minimum Gasteiger partial charge on any atom is -0.479 e. The lowest BCUT2D eigenvalue weighted by atomic mass is 10.1. The highest BCUT2D eigenvalue weighted by molar-refractivity contribution is 5.74. The molecule has 1 unspecified atom stereocenters. The van der Waals surface area contributed by atoms with E-state index in [1.165, 1.54) is 13.2 Å². The lowest BCUT2D eigenvalue weighted by molar-refractivity contribution is -0.147. The summed E-state index contributed by atoms with van der Waals surface area (Å²) in [5.41, 5.74) is 0.729. The van der Waals surface area contributed by atoms with Gasteiger partial charge in [0, 0.05) is 0 Å². The summed E-state index contributed by atoms with van der Waals surface area (Å²) < 4.78 is 9.90. The number of hydrogen-bond donors (Lipinski definition) is 0. The quantitative estimate of drug-likeness (QED) is 0.608. The number of allylic oxidation sites excluding steroid dienone is 1. The molecular weight excluding hydrogens is 244 g/mol. The zero-order valence-corrected chi connectivity index (χ0v) is 10.6. The fraction of sp³-hybridized carbons (Fsp3) is 0.214. The van der Waals surface area contributed by atoms with Crippen molar-refractivity contribution in [3.63, 3.8) is 0 Å². The Morgan fingerprint density at radius 3 is 2.32 bits per heavy atom. The first-order valence-electron chi connectivity index (χ1n) is 5.47. The first kappa shape index (κ1) is 14.3. The summed E-state index contributed by atoms with van der Waals surface area (Å²) in [5.74, 6) is 0.0470. The van der Waals surface area contributed by atoms with Crippen molar-refractivity contribution in [2.45, 2.75) is 13.0 Å². The van der Waals surface area contributed by atoms with Crippen LogP contribution < -0.4 is 4.74 Å². The van der Waals surface area contributed by atoms with E-state index in [1.807, 2.05) is 0 Å². The summed E-state index contributed by atoms with van der Waals surface area (Å²) in [5, 5.41) is 17.3. The smallest absolute Gasteiger partial charge is 0.346 e. The topological polar surface area (TPSA) is 83.1 Å². The number of rotatable bonds is 4. The fourth-order valence-electron chi connectivity index (χ4n) is 1.32. The van der Waals surface area contributed by atoms with Gasteiger partial charge in [-0.2, -0.15) is 10.5 Å². The summed E-state index contributed by atoms with van der Waals surface area (Å²) in [4.78, 5) is 11.2. The monoisotopic (exact) mass is 256 g/mol. The van der Waals surface area contributed by atoms with Crippen molar-refractivity contribution < 1.29 is 14.3 Å². The second-order valence-electron chi connectivity index (χ2n) is 3.63. The molecule has 0 aliphatic rings. The van der Waals surface area contributed by atoms with Gasteiger partial charge < -0.3 is 9.47 Å². The van der Waals surface area contributed by atoms with E-state index in [9.17, 15) is 4.79 Å². The molecule has 5 nitrogen and oxygen atoms in total. The largest absolute Gasteiger partial charge is 0.479 e. The first-order chi connectivity index (χ1) is 9.10. The van der Waals surface area contributed by atoms with Crippen molar-refractivity contribution in [2.75, 3.05) is 7.11 Å². The second kappa shape index (κ2) is 6.83. The Labute approximate surface area is 111 Å². The Hall–Kier alpha value is -2.79. The SMILES string of the molecule is COC(=O)C(C)Oc1ccc(C=C(C#N)C#N)cc1. The molecule has 1 rings (SSSR count). The number of methoxy groups -OCH3 is 1. The molecule has 1 aromatic rings. The van der Waals surface area contributed by atoms with Crippen LogP contribution in [0.1, 0.15) is 12.5 Å². The number of nitriles is 2. The van der Waals surface area contributed by atoms with Crippen molar-refractivity contribution in [2.24, 2.45) is 0 Å². The molecule has 0 aliphatic heterocycles. The molecule has 0 bridgehead atoms. The van der Waals surface area contributed by atoms with Crippen LogP contribution in [0, 0.1) is 22.7 Å². The average molecular weight is 256 g/mol. The lowest BCUT2D eigenvalue weighted by Crippen LogP contribution is -2.24. The third-order valence-corrected chi connectivity index (χ3v) is 2.28. The minimum atomic E-state index is -0.694. The summed E-state index contributed by atoms with van der Waals surface area (Å²) in [7, 11) is 1.29. The minimum absolute atomic E-state index is 0.0246. The van der Waals surface area contributed by atoms with Gasteiger partial charge in [-0.15, -0.1) is 0 Å². The molecule has 0 heterocycles. The highest BCUT2D eigenvalue weighted by Crippen LogP contribution is 2.16.